The topological polar surface area (TPSA) is 56.4 Å². The van der Waals surface area contributed by atoms with Gasteiger partial charge in [0, 0.05) is 44.1 Å². The number of alkyl halides is 3. The third-order valence-corrected chi connectivity index (χ3v) is 3.83. The lowest BCUT2D eigenvalue weighted by Crippen LogP contribution is -2.44. The van der Waals surface area contributed by atoms with Gasteiger partial charge in [-0.3, -0.25) is 0 Å². The van der Waals surface area contributed by atoms with Crippen LogP contribution in [0.4, 0.5) is 29.3 Å². The number of anilines is 2. The van der Waals surface area contributed by atoms with Gasteiger partial charge in [-0.1, -0.05) is 13.3 Å². The van der Waals surface area contributed by atoms with Crippen LogP contribution >= 0.6 is 0 Å². The Kier molecular flexibility index (Phi) is 6.30. The molecule has 0 spiro atoms. The second kappa shape index (κ2) is 8.23. The lowest BCUT2D eigenvalue weighted by molar-refractivity contribution is -0.137. The molecule has 134 valence electrons. The number of rotatable bonds is 5. The van der Waals surface area contributed by atoms with Crippen LogP contribution in [-0.4, -0.2) is 38.8 Å². The Balaban J connectivity index is 2.15. The van der Waals surface area contributed by atoms with Crippen molar-refractivity contribution in [1.29, 1.82) is 0 Å². The van der Waals surface area contributed by atoms with Gasteiger partial charge >= 0.3 is 12.2 Å². The summed E-state index contributed by atoms with van der Waals surface area (Å²) < 4.78 is 40.2. The summed E-state index contributed by atoms with van der Waals surface area (Å²) in [6.07, 6.45) is -2.72. The molecule has 2 amide bonds. The van der Waals surface area contributed by atoms with Gasteiger partial charge in [-0.15, -0.1) is 0 Å². The van der Waals surface area contributed by atoms with Crippen LogP contribution in [-0.2, 0) is 6.18 Å². The van der Waals surface area contributed by atoms with Crippen molar-refractivity contribution in [2.45, 2.75) is 25.9 Å². The lowest BCUT2D eigenvalue weighted by atomic mass is 10.1. The Morgan fingerprint density at radius 2 is 2.00 bits per heavy atom. The smallest absolute Gasteiger partial charge is 0.368 e. The van der Waals surface area contributed by atoms with Gasteiger partial charge < -0.3 is 20.9 Å². The van der Waals surface area contributed by atoms with E-state index in [1.54, 1.807) is 4.90 Å². The first-order valence-corrected chi connectivity index (χ1v) is 8.13. The molecule has 0 saturated carbocycles. The van der Waals surface area contributed by atoms with Gasteiger partial charge in [0.25, 0.3) is 0 Å². The molecule has 0 aromatic heterocycles. The van der Waals surface area contributed by atoms with E-state index in [4.69, 9.17) is 0 Å². The van der Waals surface area contributed by atoms with Gasteiger partial charge in [0.05, 0.1) is 5.56 Å². The molecular weight excluding hydrogens is 321 g/mol. The van der Waals surface area contributed by atoms with Crippen LogP contribution in [0.3, 0.4) is 0 Å². The average Bonchev–Trinajstić information content (AvgIpc) is 2.55. The van der Waals surface area contributed by atoms with E-state index in [0.29, 0.717) is 32.7 Å². The standard InChI is InChI=1S/C16H23F3N4O/c1-2-3-6-21-15(24)22-12-4-5-14(13(11-12)16(17,18)19)23-9-7-20-8-10-23/h4-5,11,20H,2-3,6-10H2,1H3,(H2,21,22,24). The van der Waals surface area contributed by atoms with Crippen LogP contribution in [0.2, 0.25) is 0 Å². The summed E-state index contributed by atoms with van der Waals surface area (Å²) in [5, 5.41) is 8.20. The van der Waals surface area contributed by atoms with Crippen molar-refractivity contribution in [3.8, 4) is 0 Å². The number of hydrogen-bond donors (Lipinski definition) is 3. The minimum absolute atomic E-state index is 0.134. The highest BCUT2D eigenvalue weighted by atomic mass is 19.4. The molecular formula is C16H23F3N4O. The Hall–Kier alpha value is -1.96. The molecule has 0 radical (unpaired) electrons. The zero-order valence-corrected chi connectivity index (χ0v) is 13.7. The number of nitrogens with one attached hydrogen (secondary N) is 3. The van der Waals surface area contributed by atoms with E-state index < -0.39 is 17.8 Å². The van der Waals surface area contributed by atoms with Crippen molar-refractivity contribution in [2.75, 3.05) is 42.9 Å². The van der Waals surface area contributed by atoms with Crippen molar-refractivity contribution in [2.24, 2.45) is 0 Å². The van der Waals surface area contributed by atoms with Gasteiger partial charge in [-0.2, -0.15) is 13.2 Å². The summed E-state index contributed by atoms with van der Waals surface area (Å²) in [6, 6.07) is 3.44. The first-order chi connectivity index (χ1) is 11.4. The molecule has 5 nitrogen and oxygen atoms in total. The van der Waals surface area contributed by atoms with E-state index in [9.17, 15) is 18.0 Å². The van der Waals surface area contributed by atoms with Gasteiger partial charge in [0.2, 0.25) is 0 Å². The number of carbonyl (C=O) groups is 1. The maximum atomic E-state index is 13.4. The minimum atomic E-state index is -4.48. The predicted octanol–water partition coefficient (Wildman–Crippen LogP) is 3.04. The molecule has 1 aromatic rings. The Bertz CT molecular complexity index is 557. The summed E-state index contributed by atoms with van der Waals surface area (Å²) in [5.41, 5.74) is -0.438. The molecule has 1 aliphatic heterocycles. The third kappa shape index (κ3) is 5.02. The molecule has 1 saturated heterocycles. The maximum absolute atomic E-state index is 13.4. The Morgan fingerprint density at radius 3 is 2.62 bits per heavy atom. The molecule has 8 heteroatoms. The van der Waals surface area contributed by atoms with Crippen LogP contribution in [0.15, 0.2) is 18.2 Å². The van der Waals surface area contributed by atoms with E-state index in [2.05, 4.69) is 16.0 Å². The van der Waals surface area contributed by atoms with E-state index in [-0.39, 0.29) is 11.4 Å². The predicted molar refractivity (Wildman–Crippen MR) is 88.5 cm³/mol. The number of hydrogen-bond acceptors (Lipinski definition) is 3. The number of benzene rings is 1. The fourth-order valence-electron chi connectivity index (χ4n) is 2.58. The number of carbonyl (C=O) groups excluding carboxylic acids is 1. The average molecular weight is 344 g/mol. The zero-order valence-electron chi connectivity index (χ0n) is 13.7. The van der Waals surface area contributed by atoms with Gasteiger partial charge in [0.15, 0.2) is 0 Å². The first-order valence-electron chi connectivity index (χ1n) is 8.13. The fraction of sp³-hybridized carbons (Fsp3) is 0.562. The Morgan fingerprint density at radius 1 is 1.29 bits per heavy atom. The van der Waals surface area contributed by atoms with Crippen molar-refractivity contribution in [3.63, 3.8) is 0 Å². The van der Waals surface area contributed by atoms with Crippen LogP contribution in [0.25, 0.3) is 0 Å². The number of halogens is 3. The minimum Gasteiger partial charge on any atom is -0.368 e. The SMILES string of the molecule is CCCCNC(=O)Nc1ccc(N2CCNCC2)c(C(F)(F)F)c1. The number of urea groups is 1. The first kappa shape index (κ1) is 18.4. The van der Waals surface area contributed by atoms with Crippen molar-refractivity contribution in [1.82, 2.24) is 10.6 Å². The second-order valence-corrected chi connectivity index (χ2v) is 5.70. The quantitative estimate of drug-likeness (QED) is 0.720. The van der Waals surface area contributed by atoms with Crippen LogP contribution in [0.1, 0.15) is 25.3 Å². The molecule has 0 atom stereocenters. The summed E-state index contributed by atoms with van der Waals surface area (Å²) in [5.74, 6) is 0. The number of nitrogens with zero attached hydrogens (tertiary/aromatic N) is 1. The van der Waals surface area contributed by atoms with Crippen molar-refractivity contribution in [3.05, 3.63) is 23.8 Å². The summed E-state index contributed by atoms with van der Waals surface area (Å²) in [4.78, 5) is 13.4. The zero-order chi connectivity index (χ0) is 17.6. The van der Waals surface area contributed by atoms with Crippen LogP contribution in [0.5, 0.6) is 0 Å². The van der Waals surface area contributed by atoms with Crippen LogP contribution in [0, 0.1) is 0 Å². The highest BCUT2D eigenvalue weighted by molar-refractivity contribution is 5.89. The van der Waals surface area contributed by atoms with Crippen LogP contribution < -0.4 is 20.9 Å². The number of amides is 2. The van der Waals surface area contributed by atoms with E-state index >= 15 is 0 Å². The van der Waals surface area contributed by atoms with E-state index in [1.807, 2.05) is 6.92 Å². The number of piperazine rings is 1. The lowest BCUT2D eigenvalue weighted by Gasteiger charge is -2.31. The molecule has 24 heavy (non-hydrogen) atoms. The van der Waals surface area contributed by atoms with Crippen molar-refractivity contribution < 1.29 is 18.0 Å². The molecule has 0 unspecified atom stereocenters. The summed E-state index contributed by atoms with van der Waals surface area (Å²) in [6.45, 7) is 4.83. The number of unbranched alkanes of at least 4 members (excludes halogenated alkanes) is 1. The Labute approximate surface area is 139 Å². The van der Waals surface area contributed by atoms with Crippen molar-refractivity contribution >= 4 is 17.4 Å². The third-order valence-electron chi connectivity index (χ3n) is 3.83. The highest BCUT2D eigenvalue weighted by Crippen LogP contribution is 2.38. The molecule has 2 rings (SSSR count). The second-order valence-electron chi connectivity index (χ2n) is 5.70. The van der Waals surface area contributed by atoms with E-state index in [0.717, 1.165) is 18.9 Å². The largest absolute Gasteiger partial charge is 0.418 e. The molecule has 1 fully saturated rings. The molecule has 0 bridgehead atoms. The molecule has 1 aromatic carbocycles. The molecule has 0 aliphatic carbocycles. The van der Waals surface area contributed by atoms with Gasteiger partial charge in [-0.05, 0) is 24.6 Å². The molecule has 1 heterocycles. The normalized spacial score (nSPS) is 15.2. The fourth-order valence-corrected chi connectivity index (χ4v) is 2.58. The van der Waals surface area contributed by atoms with E-state index in [1.165, 1.54) is 12.1 Å². The molecule has 3 N–H and O–H groups in total. The maximum Gasteiger partial charge on any atom is 0.418 e. The van der Waals surface area contributed by atoms with Gasteiger partial charge in [0.1, 0.15) is 0 Å². The molecule has 1 aliphatic rings. The van der Waals surface area contributed by atoms with Gasteiger partial charge in [-0.25, -0.2) is 4.79 Å². The highest BCUT2D eigenvalue weighted by Gasteiger charge is 2.35. The summed E-state index contributed by atoms with van der Waals surface area (Å²) >= 11 is 0. The monoisotopic (exact) mass is 344 g/mol. The summed E-state index contributed by atoms with van der Waals surface area (Å²) in [7, 11) is 0.